The molecule has 1 saturated heterocycles. The maximum absolute atomic E-state index is 13.2. The van der Waals surface area contributed by atoms with E-state index in [1.54, 1.807) is 0 Å². The standard InChI is InChI=1S/C22H25F3N4O4/c1-3-12-33-20-7-5-16(22(23,24)25)14-17(20)26-21(30)15-4-6-18(19(13-15)29(31)32)28-10-8-27(2)9-11-28/h4-7,13-14H,3,8-12H2,1-2H3,(H,26,30). The van der Waals surface area contributed by atoms with E-state index in [-0.39, 0.29) is 29.3 Å². The summed E-state index contributed by atoms with van der Waals surface area (Å²) >= 11 is 0. The van der Waals surface area contributed by atoms with Crippen molar-refractivity contribution in [3.8, 4) is 5.75 Å². The van der Waals surface area contributed by atoms with E-state index >= 15 is 0 Å². The van der Waals surface area contributed by atoms with E-state index in [1.165, 1.54) is 12.1 Å². The van der Waals surface area contributed by atoms with Gasteiger partial charge in [-0.1, -0.05) is 6.92 Å². The zero-order chi connectivity index (χ0) is 24.2. The third-order valence-electron chi connectivity index (χ3n) is 5.30. The van der Waals surface area contributed by atoms with Crippen LogP contribution in [0.5, 0.6) is 5.75 Å². The second kappa shape index (κ2) is 10.1. The quantitative estimate of drug-likeness (QED) is 0.481. The van der Waals surface area contributed by atoms with Crippen LogP contribution in [0.4, 0.5) is 30.2 Å². The van der Waals surface area contributed by atoms with Gasteiger partial charge in [-0.05, 0) is 43.8 Å². The summed E-state index contributed by atoms with van der Waals surface area (Å²) in [4.78, 5) is 27.9. The average Bonchev–Trinajstić information content (AvgIpc) is 2.77. The number of piperazine rings is 1. The largest absolute Gasteiger partial charge is 0.491 e. The number of hydrogen-bond donors (Lipinski definition) is 1. The second-order valence-corrected chi connectivity index (χ2v) is 7.76. The highest BCUT2D eigenvalue weighted by Gasteiger charge is 2.32. The summed E-state index contributed by atoms with van der Waals surface area (Å²) in [7, 11) is 1.96. The Morgan fingerprint density at radius 1 is 1.15 bits per heavy atom. The molecule has 0 aliphatic carbocycles. The van der Waals surface area contributed by atoms with Crippen LogP contribution in [0.2, 0.25) is 0 Å². The number of nitrogens with zero attached hydrogens (tertiary/aromatic N) is 3. The molecule has 2 aromatic carbocycles. The van der Waals surface area contributed by atoms with E-state index in [0.29, 0.717) is 25.2 Å². The predicted molar refractivity (Wildman–Crippen MR) is 118 cm³/mol. The van der Waals surface area contributed by atoms with Crippen LogP contribution in [-0.4, -0.2) is 55.6 Å². The molecule has 0 spiro atoms. The average molecular weight is 466 g/mol. The molecule has 3 rings (SSSR count). The molecule has 33 heavy (non-hydrogen) atoms. The van der Waals surface area contributed by atoms with Gasteiger partial charge in [-0.3, -0.25) is 14.9 Å². The Morgan fingerprint density at radius 3 is 2.45 bits per heavy atom. The number of carbonyl (C=O) groups excluding carboxylic acids is 1. The molecule has 11 heteroatoms. The van der Waals surface area contributed by atoms with Gasteiger partial charge in [0.2, 0.25) is 0 Å². The molecule has 0 radical (unpaired) electrons. The van der Waals surface area contributed by atoms with Crippen LogP contribution in [0, 0.1) is 10.1 Å². The number of nitro benzene ring substituents is 1. The summed E-state index contributed by atoms with van der Waals surface area (Å²) in [6.45, 7) is 4.78. The van der Waals surface area contributed by atoms with Crippen LogP contribution in [0.3, 0.4) is 0 Å². The molecule has 1 N–H and O–H groups in total. The lowest BCUT2D eigenvalue weighted by molar-refractivity contribution is -0.384. The van der Waals surface area contributed by atoms with Crippen molar-refractivity contribution in [2.24, 2.45) is 0 Å². The maximum Gasteiger partial charge on any atom is 0.416 e. The number of ether oxygens (including phenoxy) is 1. The fourth-order valence-electron chi connectivity index (χ4n) is 3.46. The minimum Gasteiger partial charge on any atom is -0.491 e. The molecule has 1 aliphatic heterocycles. The number of alkyl halides is 3. The molecule has 1 fully saturated rings. The first kappa shape index (κ1) is 24.3. The number of carbonyl (C=O) groups is 1. The Labute approximate surface area is 189 Å². The van der Waals surface area contributed by atoms with Gasteiger partial charge in [-0.15, -0.1) is 0 Å². The zero-order valence-electron chi connectivity index (χ0n) is 18.3. The van der Waals surface area contributed by atoms with Crippen LogP contribution in [0.25, 0.3) is 0 Å². The molecule has 1 heterocycles. The fourth-order valence-corrected chi connectivity index (χ4v) is 3.46. The van der Waals surface area contributed by atoms with Crippen LogP contribution < -0.4 is 15.0 Å². The van der Waals surface area contributed by atoms with Gasteiger partial charge in [0, 0.05) is 37.8 Å². The molecule has 8 nitrogen and oxygen atoms in total. The number of nitro groups is 1. The third kappa shape index (κ3) is 5.92. The van der Waals surface area contributed by atoms with E-state index < -0.39 is 22.6 Å². The molecule has 0 saturated carbocycles. The molecule has 1 aliphatic rings. The summed E-state index contributed by atoms with van der Waals surface area (Å²) in [6.07, 6.45) is -3.99. The van der Waals surface area contributed by atoms with Crippen molar-refractivity contribution in [3.63, 3.8) is 0 Å². The van der Waals surface area contributed by atoms with Gasteiger partial charge < -0.3 is 19.9 Å². The van der Waals surface area contributed by atoms with Crippen molar-refractivity contribution in [1.29, 1.82) is 0 Å². The first-order chi connectivity index (χ1) is 15.6. The number of hydrogen-bond acceptors (Lipinski definition) is 6. The van der Waals surface area contributed by atoms with Crippen LogP contribution in [0.15, 0.2) is 36.4 Å². The Kier molecular flexibility index (Phi) is 7.42. The molecule has 0 atom stereocenters. The Morgan fingerprint density at radius 2 is 1.85 bits per heavy atom. The van der Waals surface area contributed by atoms with Crippen molar-refractivity contribution in [1.82, 2.24) is 4.90 Å². The molecule has 178 valence electrons. The first-order valence-electron chi connectivity index (χ1n) is 10.5. The number of likely N-dealkylation sites (N-methyl/N-ethyl adjacent to an activating group) is 1. The van der Waals surface area contributed by atoms with Gasteiger partial charge in [-0.25, -0.2) is 0 Å². The maximum atomic E-state index is 13.2. The smallest absolute Gasteiger partial charge is 0.416 e. The van der Waals surface area contributed by atoms with E-state index in [9.17, 15) is 28.1 Å². The zero-order valence-corrected chi connectivity index (χ0v) is 18.3. The highest BCUT2D eigenvalue weighted by molar-refractivity contribution is 6.06. The molecular weight excluding hydrogens is 441 g/mol. The van der Waals surface area contributed by atoms with Crippen molar-refractivity contribution >= 4 is 23.0 Å². The minimum absolute atomic E-state index is 0.0431. The van der Waals surface area contributed by atoms with Gasteiger partial charge in [-0.2, -0.15) is 13.2 Å². The van der Waals surface area contributed by atoms with E-state index in [0.717, 1.165) is 37.4 Å². The van der Waals surface area contributed by atoms with Crippen LogP contribution in [-0.2, 0) is 6.18 Å². The van der Waals surface area contributed by atoms with Crippen LogP contribution >= 0.6 is 0 Å². The SMILES string of the molecule is CCCOc1ccc(C(F)(F)F)cc1NC(=O)c1ccc(N2CCN(C)CC2)c([N+](=O)[O-])c1. The van der Waals surface area contributed by atoms with Crippen molar-refractivity contribution in [3.05, 3.63) is 57.6 Å². The number of halogens is 3. The van der Waals surface area contributed by atoms with Crippen molar-refractivity contribution in [2.45, 2.75) is 19.5 Å². The number of benzene rings is 2. The fraction of sp³-hybridized carbons (Fsp3) is 0.409. The monoisotopic (exact) mass is 466 g/mol. The van der Waals surface area contributed by atoms with Crippen molar-refractivity contribution in [2.75, 3.05) is 50.1 Å². The molecular formula is C22H25F3N4O4. The Bertz CT molecular complexity index is 1020. The normalized spacial score (nSPS) is 14.8. The van der Waals surface area contributed by atoms with Gasteiger partial charge in [0.25, 0.3) is 11.6 Å². The number of anilines is 2. The Balaban J connectivity index is 1.89. The van der Waals surface area contributed by atoms with Gasteiger partial charge in [0.05, 0.1) is 22.8 Å². The number of amides is 1. The summed E-state index contributed by atoms with van der Waals surface area (Å²) in [5.74, 6) is -0.689. The summed E-state index contributed by atoms with van der Waals surface area (Å²) in [5.41, 5.74) is -0.986. The van der Waals surface area contributed by atoms with Crippen molar-refractivity contribution < 1.29 is 27.6 Å². The summed E-state index contributed by atoms with van der Waals surface area (Å²) in [6, 6.07) is 6.87. The Hall–Kier alpha value is -3.34. The highest BCUT2D eigenvalue weighted by atomic mass is 19.4. The van der Waals surface area contributed by atoms with Gasteiger partial charge >= 0.3 is 6.18 Å². The lowest BCUT2D eigenvalue weighted by Gasteiger charge is -2.33. The summed E-state index contributed by atoms with van der Waals surface area (Å²) < 4.78 is 44.9. The number of nitrogens with one attached hydrogen (secondary N) is 1. The van der Waals surface area contributed by atoms with Gasteiger partial charge in [0.1, 0.15) is 11.4 Å². The lowest BCUT2D eigenvalue weighted by atomic mass is 10.1. The highest BCUT2D eigenvalue weighted by Crippen LogP contribution is 2.36. The molecule has 2 aromatic rings. The van der Waals surface area contributed by atoms with E-state index in [2.05, 4.69) is 10.2 Å². The summed E-state index contributed by atoms with van der Waals surface area (Å²) in [5, 5.41) is 14.1. The van der Waals surface area contributed by atoms with Crippen LogP contribution in [0.1, 0.15) is 29.3 Å². The lowest BCUT2D eigenvalue weighted by Crippen LogP contribution is -2.44. The predicted octanol–water partition coefficient (Wildman–Crippen LogP) is 4.41. The number of rotatable bonds is 7. The van der Waals surface area contributed by atoms with Gasteiger partial charge in [0.15, 0.2) is 0 Å². The molecule has 0 bridgehead atoms. The minimum atomic E-state index is -4.61. The topological polar surface area (TPSA) is 88.0 Å². The molecule has 0 aromatic heterocycles. The molecule has 0 unspecified atom stereocenters. The first-order valence-corrected chi connectivity index (χ1v) is 10.5. The third-order valence-corrected chi connectivity index (χ3v) is 5.30. The van der Waals surface area contributed by atoms with E-state index in [1.807, 2.05) is 18.9 Å². The van der Waals surface area contributed by atoms with E-state index in [4.69, 9.17) is 4.74 Å². The second-order valence-electron chi connectivity index (χ2n) is 7.76. The molecule has 1 amide bonds.